The minimum atomic E-state index is -1.12. The topological polar surface area (TPSA) is 547 Å². The molecule has 9 aliphatic heterocycles. The summed E-state index contributed by atoms with van der Waals surface area (Å²) < 4.78 is 252. The van der Waals surface area contributed by atoms with Crippen LogP contribution in [0.5, 0.6) is 0 Å². The molecule has 54 nitrogen and oxygen atoms in total. The Kier molecular flexibility index (Phi) is 54.4. The minimum absolute atomic E-state index is 0. The molecule has 0 saturated carbocycles. The first kappa shape index (κ1) is 128. The molecular weight excluding hydrogens is 1980 g/mol. The summed E-state index contributed by atoms with van der Waals surface area (Å²) in [6, 6.07) is -2.21. The van der Waals surface area contributed by atoms with Gasteiger partial charge in [0.15, 0.2) is 61.7 Å². The molecule has 9 saturated heterocycles. The van der Waals surface area contributed by atoms with Gasteiger partial charge in [-0.15, -0.1) is 16.6 Å². The Morgan fingerprint density at radius 2 is 0.493 bits per heavy atom. The number of aliphatic hydroxyl groups is 1. The summed E-state index contributed by atoms with van der Waals surface area (Å²) in [7, 11) is 39.3. The molecule has 45 atom stereocenters. The summed E-state index contributed by atoms with van der Waals surface area (Å²) in [6.07, 6.45) is -26.1. The maximum Gasteiger partial charge on any atom is 0.296 e. The summed E-state index contributed by atoms with van der Waals surface area (Å²) in [5.41, 5.74) is -0.0275. The highest BCUT2D eigenvalue weighted by atomic mass is 16.8. The number of terminal acetylenes is 1. The molecule has 2 aromatic heterocycles. The van der Waals surface area contributed by atoms with E-state index < -0.39 is 294 Å². The average molecular weight is 2140 g/mol. The van der Waals surface area contributed by atoms with Crippen LogP contribution >= 0.6 is 0 Å². The number of aryl methyl sites for hydroxylation is 2. The van der Waals surface area contributed by atoms with Crippen molar-refractivity contribution in [2.75, 3.05) is 231 Å². The lowest BCUT2D eigenvalue weighted by atomic mass is 9.93. The fourth-order valence-electron chi connectivity index (χ4n) is 20.5. The van der Waals surface area contributed by atoms with E-state index in [4.69, 9.17) is 201 Å². The molecule has 0 aromatic carbocycles. The number of aromatic nitrogens is 6. The lowest BCUT2D eigenvalue weighted by Crippen LogP contribution is -2.68. The number of hydrogen-bond acceptors (Lipinski definition) is 49. The molecule has 9 fully saturated rings. The van der Waals surface area contributed by atoms with Crippen LogP contribution in [0.15, 0.2) is 12.4 Å². The maximum atomic E-state index is 14.0. The van der Waals surface area contributed by atoms with Crippen molar-refractivity contribution < 1.29 is 214 Å². The second kappa shape index (κ2) is 63.1. The number of methoxy groups -OCH3 is 26. The van der Waals surface area contributed by atoms with Gasteiger partial charge in [-0.2, -0.15) is 0 Å². The zero-order valence-electron chi connectivity index (χ0n) is 88.7. The van der Waals surface area contributed by atoms with Crippen LogP contribution in [0, 0.1) is 12.3 Å². The van der Waals surface area contributed by atoms with Crippen molar-refractivity contribution in [2.24, 2.45) is 0 Å². The van der Waals surface area contributed by atoms with Crippen LogP contribution in [-0.4, -0.2) is 560 Å². The van der Waals surface area contributed by atoms with Gasteiger partial charge in [0.1, 0.15) is 189 Å². The van der Waals surface area contributed by atoms with Crippen LogP contribution in [0.2, 0.25) is 0 Å². The van der Waals surface area contributed by atoms with Crippen molar-refractivity contribution in [2.45, 2.75) is 325 Å². The van der Waals surface area contributed by atoms with E-state index in [0.717, 1.165) is 0 Å². The monoisotopic (exact) mass is 2140 g/mol. The third-order valence-electron chi connectivity index (χ3n) is 27.5. The molecule has 0 spiro atoms. The Balaban J connectivity index is 0.000000465. The second-order valence-corrected chi connectivity index (χ2v) is 35.5. The smallest absolute Gasteiger partial charge is 0.296 e. The number of carbonyl (C=O) groups is 3. The van der Waals surface area contributed by atoms with Gasteiger partial charge in [0.05, 0.1) is 108 Å². The molecule has 11 rings (SSSR count). The van der Waals surface area contributed by atoms with Gasteiger partial charge in [-0.25, -0.2) is 9.36 Å². The van der Waals surface area contributed by atoms with Crippen LogP contribution in [0.1, 0.15) is 56.6 Å². The largest absolute Gasteiger partial charge is 0.394 e. The summed E-state index contributed by atoms with van der Waals surface area (Å²) in [5, 5.41) is 35.6. The van der Waals surface area contributed by atoms with Crippen molar-refractivity contribution >= 4 is 17.7 Å². The maximum absolute atomic E-state index is 14.0. The van der Waals surface area contributed by atoms with E-state index in [1.54, 1.807) is 42.1 Å². The molecule has 42 unspecified atom stereocenters. The summed E-state index contributed by atoms with van der Waals surface area (Å²) >= 11 is 0. The van der Waals surface area contributed by atoms with E-state index in [9.17, 15) is 19.5 Å². The van der Waals surface area contributed by atoms with E-state index in [2.05, 4.69) is 42.5 Å². The van der Waals surface area contributed by atoms with Gasteiger partial charge in [-0.05, 0) is 26.7 Å². The van der Waals surface area contributed by atoms with E-state index in [1.165, 1.54) is 185 Å². The first-order valence-electron chi connectivity index (χ1n) is 47.8. The fraction of sp³-hybridized carbons (Fsp3) is 0.904. The number of aliphatic hydroxyl groups excluding tert-OH is 1. The highest BCUT2D eigenvalue weighted by molar-refractivity contribution is 5.93. The number of ether oxygens (including phenoxy) is 41. The minimum Gasteiger partial charge on any atom is -0.394 e. The quantitative estimate of drug-likeness (QED) is 0.0498. The van der Waals surface area contributed by atoms with Crippen molar-refractivity contribution in [3.8, 4) is 12.3 Å². The number of rotatable bonds is 53. The Hall–Kier alpha value is -5.43. The molecule has 11 heterocycles. The average Bonchev–Trinajstić information content (AvgIpc) is 1.54. The standard InChI is InChI=1S/C62H106N8O30.C30H51NO15.2CH4/c1-29-38(45(79-8)51(85-14)59(91-29)97-43-36(27-76-5)95-61(54(88-17)49(43)83-12)99-41-34(25-74-3)93-33(24-71)40(78-7)47(41)81-10)63-56(72)31-22-69(67-65-31)20-21-70-23-32(66-68-70)57(73)64-39-30(2)92-60(52(86-15)46(39)80-9)98-44-37(28-77-6)96-62(55(89-18)50(44)84-13)100-42-35(26-75-4)94-58(90-19)53(87-16)48(42)82-11;1-12-18(32)31-19-15(2)42-29(25(38-8)22(19)35-5)45-21-17(14-34-4)44-30(27(40-10)24(21)37-7)46-20-16(13-33-3)43-28(41-11)26(39-9)23(20)36-6;;/h22-23,29-30,33-55,58-62,71H,20-21,24-28H2,1-19H3,(H,63,72)(H,64,73);1,15-17,19-30H,13-14H2,2-11H3,(H,31,32);2*1H4/t29?,30?,33?,34?,35?,36?,37?,38?,39?,40-,41?,42?,43?,44?,45?,46?,47?,48+,49?,50?,51?,52?,53?,54?,55?,58?,59?,60?,61?,62?;15?,16?,17?,19?,20?,21?,22?,23-,24?,25?,26?,27?,28?,29?,30?;;/m01../s1. The van der Waals surface area contributed by atoms with E-state index in [1.807, 2.05) is 0 Å². The summed E-state index contributed by atoms with van der Waals surface area (Å²) in [6.45, 7) is 5.80. The second-order valence-electron chi connectivity index (χ2n) is 35.5. The van der Waals surface area contributed by atoms with Gasteiger partial charge in [-0.3, -0.25) is 14.4 Å². The van der Waals surface area contributed by atoms with Crippen molar-refractivity contribution in [1.29, 1.82) is 0 Å². The highest BCUT2D eigenvalue weighted by Gasteiger charge is 2.62. The third kappa shape index (κ3) is 29.7. The Labute approximate surface area is 865 Å². The number of carbonyl (C=O) groups excluding carboxylic acids is 3. The van der Waals surface area contributed by atoms with Crippen molar-refractivity contribution in [1.82, 2.24) is 45.9 Å². The predicted octanol–water partition coefficient (Wildman–Crippen LogP) is -2.49. The van der Waals surface area contributed by atoms with Crippen LogP contribution in [0.3, 0.4) is 0 Å². The molecule has 148 heavy (non-hydrogen) atoms. The molecule has 3 amide bonds. The summed E-state index contributed by atoms with van der Waals surface area (Å²) in [4.78, 5) is 40.1. The zero-order valence-corrected chi connectivity index (χ0v) is 88.7. The Morgan fingerprint density at radius 1 is 0.284 bits per heavy atom. The van der Waals surface area contributed by atoms with Crippen LogP contribution < -0.4 is 16.0 Å². The molecule has 0 aliphatic carbocycles. The molecule has 0 bridgehead atoms. The highest BCUT2D eigenvalue weighted by Crippen LogP contribution is 2.43. The normalized spacial score (nSPS) is 39.6. The first-order chi connectivity index (χ1) is 70.6. The third-order valence-corrected chi connectivity index (χ3v) is 27.5. The lowest BCUT2D eigenvalue weighted by molar-refractivity contribution is -0.381. The van der Waals surface area contributed by atoms with Gasteiger partial charge in [-0.1, -0.05) is 25.3 Å². The van der Waals surface area contributed by atoms with E-state index in [0.29, 0.717) is 0 Å². The number of nitrogens with zero attached hydrogens (tertiary/aromatic N) is 6. The SMILES string of the molecule is C.C.C#CC(=O)NC1C(C)OC(OC2C(COC)OC(OC3C(COC)OC(OC)C(OC)[C@@H]3OC)C(OC)C2OC)C(OC)C1OC.COCC1OC(OC2C(COC)OC(CO)[C@H](OC)C2OC)C(OC)C(OC)C1OC1OC(C)C(NC(=O)c2cn(CCn3cc(C(=O)NC4C(C)OC(OC5C(COC)OC(OC6C(COC)OC(OC)C(OC)[C@@H]6OC)C(OC)C5OC)C(OC)C4OC)nn3)nn2)C(OC)C1OC. The van der Waals surface area contributed by atoms with E-state index >= 15 is 0 Å². The van der Waals surface area contributed by atoms with Gasteiger partial charge in [0.25, 0.3) is 17.7 Å². The van der Waals surface area contributed by atoms with Gasteiger partial charge in [0, 0.05) is 185 Å². The molecule has 4 N–H and O–H groups in total. The molecular formula is C94H165N9O45. The molecule has 0 radical (unpaired) electrons. The number of amides is 3. The Bertz CT molecular complexity index is 3940. The molecule has 856 valence electrons. The molecule has 9 aliphatic rings. The zero-order chi connectivity index (χ0) is 106. The fourth-order valence-corrected chi connectivity index (χ4v) is 20.5. The van der Waals surface area contributed by atoms with Crippen LogP contribution in [0.4, 0.5) is 0 Å². The molecule has 2 aromatic rings. The van der Waals surface area contributed by atoms with Gasteiger partial charge in [0.2, 0.25) is 0 Å². The number of hydrogen-bond donors (Lipinski definition) is 4. The number of nitrogens with one attached hydrogen (secondary N) is 3. The van der Waals surface area contributed by atoms with Gasteiger partial charge >= 0.3 is 0 Å². The molecule has 54 heteroatoms. The first-order valence-corrected chi connectivity index (χ1v) is 47.8. The van der Waals surface area contributed by atoms with Crippen LogP contribution in [-0.2, 0) is 212 Å². The van der Waals surface area contributed by atoms with Crippen LogP contribution in [0.25, 0.3) is 0 Å². The predicted molar refractivity (Wildman–Crippen MR) is 508 cm³/mol. The lowest BCUT2D eigenvalue weighted by Gasteiger charge is -2.51. The van der Waals surface area contributed by atoms with E-state index in [-0.39, 0.29) is 85.6 Å². The van der Waals surface area contributed by atoms with Gasteiger partial charge < -0.3 is 215 Å². The summed E-state index contributed by atoms with van der Waals surface area (Å²) in [5.74, 6) is 0.282. The van der Waals surface area contributed by atoms with Crippen molar-refractivity contribution in [3.05, 3.63) is 23.8 Å². The van der Waals surface area contributed by atoms with Crippen molar-refractivity contribution in [3.63, 3.8) is 0 Å². The Morgan fingerprint density at radius 3 is 0.716 bits per heavy atom.